The van der Waals surface area contributed by atoms with Gasteiger partial charge in [0.15, 0.2) is 0 Å². The zero-order chi connectivity index (χ0) is 5.86. The zero-order valence-electron chi connectivity index (χ0n) is 5.67. The van der Waals surface area contributed by atoms with Gasteiger partial charge in [0, 0.05) is 13.8 Å². The largest absolute Gasteiger partial charge is 1.00 e. The first-order valence-corrected chi connectivity index (χ1v) is 1.82. The Morgan fingerprint density at radius 2 is 1.33 bits per heavy atom. The summed E-state index contributed by atoms with van der Waals surface area (Å²) in [6, 6.07) is 0. The van der Waals surface area contributed by atoms with Crippen LogP contribution >= 0.6 is 0 Å². The molecule has 0 saturated carbocycles. The van der Waals surface area contributed by atoms with Crippen molar-refractivity contribution < 1.29 is 71.2 Å². The van der Waals surface area contributed by atoms with Crippen molar-refractivity contribution in [3.05, 3.63) is 0 Å². The third-order valence-corrected chi connectivity index (χ3v) is 0.287. The second-order valence-electron chi connectivity index (χ2n) is 1.09. The summed E-state index contributed by atoms with van der Waals surface area (Å²) in [4.78, 5) is 19.6. The summed E-state index contributed by atoms with van der Waals surface area (Å²) in [6.07, 6.45) is 0. The van der Waals surface area contributed by atoms with Crippen molar-refractivity contribution in [3.63, 3.8) is 0 Å². The van der Waals surface area contributed by atoms with Gasteiger partial charge in [-0.1, -0.05) is 0 Å². The minimum atomic E-state index is -0.562. The second-order valence-corrected chi connectivity index (χ2v) is 1.09. The summed E-state index contributed by atoms with van der Waals surface area (Å²) in [5.41, 5.74) is 0. The Morgan fingerprint density at radius 1 is 1.11 bits per heavy atom. The Bertz CT molecular complexity index is 88.7. The molecule has 0 unspecified atom stereocenters. The van der Waals surface area contributed by atoms with Gasteiger partial charge in [-0.05, 0) is 0 Å². The maximum Gasteiger partial charge on any atom is 1.00 e. The third kappa shape index (κ3) is 17.7. The summed E-state index contributed by atoms with van der Waals surface area (Å²) >= 11 is 0. The summed E-state index contributed by atoms with van der Waals surface area (Å²) in [6.45, 7) is 2.36. The van der Waals surface area contributed by atoms with Crippen LogP contribution in [0.2, 0.25) is 0 Å². The van der Waals surface area contributed by atoms with Gasteiger partial charge in [0.05, 0.1) is 0 Å². The van der Waals surface area contributed by atoms with Crippen molar-refractivity contribution in [2.45, 2.75) is 13.8 Å². The molecule has 9 heavy (non-hydrogen) atoms. The van der Waals surface area contributed by atoms with E-state index in [9.17, 15) is 9.59 Å². The molecule has 0 aliphatic heterocycles. The molecule has 48 valence electrons. The van der Waals surface area contributed by atoms with Gasteiger partial charge in [-0.2, -0.15) is 0 Å². The average molecular weight is 158 g/mol. The predicted octanol–water partition coefficient (Wildman–Crippen LogP) is -3.08. The maximum absolute atomic E-state index is 9.81. The van der Waals surface area contributed by atoms with Crippen molar-refractivity contribution in [2.75, 3.05) is 0 Å². The van der Waals surface area contributed by atoms with Crippen LogP contribution in [0.4, 0.5) is 0 Å². The van der Waals surface area contributed by atoms with Crippen molar-refractivity contribution >= 4 is 11.9 Å². The quantitative estimate of drug-likeness (QED) is 0.213. The summed E-state index contributed by atoms with van der Waals surface area (Å²) in [7, 11) is 0. The average Bonchev–Trinajstić information content (AvgIpc) is 1.27. The Hall–Kier alpha value is 0.736. The molecule has 0 amide bonds. The fourth-order valence-corrected chi connectivity index (χ4v) is 0.202. The minimum absolute atomic E-state index is 0. The number of carbonyl (C=O) groups is 2. The number of ether oxygens (including phenoxy) is 1. The van der Waals surface area contributed by atoms with Gasteiger partial charge in [-0.3, -0.25) is 9.59 Å². The SMILES string of the molecule is CC(=O)OC(C)=O.[K+].[OH-]. The van der Waals surface area contributed by atoms with E-state index in [2.05, 4.69) is 4.74 Å². The first-order chi connectivity index (χ1) is 3.13. The van der Waals surface area contributed by atoms with Crippen LogP contribution in [0, 0.1) is 0 Å². The van der Waals surface area contributed by atoms with Crippen LogP contribution in [0.15, 0.2) is 0 Å². The van der Waals surface area contributed by atoms with Crippen LogP contribution in [-0.4, -0.2) is 17.4 Å². The molecular weight excluding hydrogens is 151 g/mol. The molecule has 0 aliphatic rings. The van der Waals surface area contributed by atoms with E-state index in [0.717, 1.165) is 0 Å². The molecule has 4 nitrogen and oxygen atoms in total. The first kappa shape index (κ1) is 16.4. The van der Waals surface area contributed by atoms with Gasteiger partial charge < -0.3 is 10.2 Å². The number of rotatable bonds is 0. The smallest absolute Gasteiger partial charge is 0.870 e. The van der Waals surface area contributed by atoms with E-state index >= 15 is 0 Å². The van der Waals surface area contributed by atoms with Gasteiger partial charge in [-0.25, -0.2) is 0 Å². The fourth-order valence-electron chi connectivity index (χ4n) is 0.202. The van der Waals surface area contributed by atoms with Gasteiger partial charge >= 0.3 is 63.3 Å². The number of carbonyl (C=O) groups excluding carboxylic acids is 2. The predicted molar refractivity (Wildman–Crippen MR) is 24.4 cm³/mol. The van der Waals surface area contributed by atoms with E-state index in [0.29, 0.717) is 0 Å². The molecule has 0 spiro atoms. The Morgan fingerprint density at radius 3 is 1.33 bits per heavy atom. The Kier molecular flexibility index (Phi) is 15.9. The van der Waals surface area contributed by atoms with Gasteiger partial charge in [0.25, 0.3) is 0 Å². The topological polar surface area (TPSA) is 73.4 Å². The van der Waals surface area contributed by atoms with E-state index in [4.69, 9.17) is 0 Å². The number of esters is 2. The molecule has 0 aromatic rings. The van der Waals surface area contributed by atoms with E-state index < -0.39 is 11.9 Å². The molecule has 0 saturated heterocycles. The van der Waals surface area contributed by atoms with Gasteiger partial charge in [-0.15, -0.1) is 0 Å². The summed E-state index contributed by atoms with van der Waals surface area (Å²) in [5.74, 6) is -1.12. The van der Waals surface area contributed by atoms with Gasteiger partial charge in [0.2, 0.25) is 0 Å². The zero-order valence-corrected chi connectivity index (χ0v) is 8.80. The number of hydrogen-bond acceptors (Lipinski definition) is 4. The molecule has 0 radical (unpaired) electrons. The molecule has 1 N–H and O–H groups in total. The van der Waals surface area contributed by atoms with E-state index in [1.807, 2.05) is 0 Å². The monoisotopic (exact) mass is 158 g/mol. The second kappa shape index (κ2) is 8.74. The molecule has 0 fully saturated rings. The van der Waals surface area contributed by atoms with Gasteiger partial charge in [0.1, 0.15) is 0 Å². The molecular formula is C4H7KO4. The summed E-state index contributed by atoms with van der Waals surface area (Å²) in [5, 5.41) is 0. The van der Waals surface area contributed by atoms with Crippen LogP contribution in [0.3, 0.4) is 0 Å². The molecule has 5 heteroatoms. The van der Waals surface area contributed by atoms with Crippen LogP contribution < -0.4 is 51.4 Å². The van der Waals surface area contributed by atoms with Crippen molar-refractivity contribution in [1.82, 2.24) is 0 Å². The fraction of sp³-hybridized carbons (Fsp3) is 0.500. The third-order valence-electron chi connectivity index (χ3n) is 0.287. The van der Waals surface area contributed by atoms with Crippen LogP contribution in [0.5, 0.6) is 0 Å². The molecule has 0 aromatic heterocycles. The molecule has 0 aromatic carbocycles. The maximum atomic E-state index is 9.81. The van der Waals surface area contributed by atoms with Crippen LogP contribution in [0.1, 0.15) is 13.8 Å². The van der Waals surface area contributed by atoms with Crippen LogP contribution in [-0.2, 0) is 14.3 Å². The molecule has 0 aliphatic carbocycles. The molecule has 0 heterocycles. The van der Waals surface area contributed by atoms with Crippen molar-refractivity contribution in [2.24, 2.45) is 0 Å². The van der Waals surface area contributed by atoms with Crippen LogP contribution in [0.25, 0.3) is 0 Å². The van der Waals surface area contributed by atoms with E-state index in [-0.39, 0.29) is 56.9 Å². The Labute approximate surface area is 95.7 Å². The van der Waals surface area contributed by atoms with Crippen molar-refractivity contribution in [1.29, 1.82) is 0 Å². The minimum Gasteiger partial charge on any atom is -0.870 e. The van der Waals surface area contributed by atoms with E-state index in [1.54, 1.807) is 0 Å². The molecule has 0 rings (SSSR count). The first-order valence-electron chi connectivity index (χ1n) is 1.82. The normalized spacial score (nSPS) is 6.00. The molecule has 0 atom stereocenters. The summed E-state index contributed by atoms with van der Waals surface area (Å²) < 4.78 is 3.97. The van der Waals surface area contributed by atoms with E-state index in [1.165, 1.54) is 13.8 Å². The van der Waals surface area contributed by atoms with Crippen molar-refractivity contribution in [3.8, 4) is 0 Å². The molecule has 0 bridgehead atoms. The standard InChI is InChI=1S/C4H6O3.K.H2O/c1-3(5)7-4(2)6;;/h1-2H3;;1H2/q;+1;/p-1. The Balaban J connectivity index is -0.000000180. The number of hydrogen-bond donors (Lipinski definition) is 0.